The summed E-state index contributed by atoms with van der Waals surface area (Å²) >= 11 is 0. The molecule has 0 aromatic heterocycles. The predicted molar refractivity (Wildman–Crippen MR) is 159 cm³/mol. The second-order valence-corrected chi connectivity index (χ2v) is 9.67. The maximum atomic E-state index is 13.0. The van der Waals surface area contributed by atoms with Gasteiger partial charge in [-0.15, -0.1) is 0 Å². The summed E-state index contributed by atoms with van der Waals surface area (Å²) in [7, 11) is 5.20. The summed E-state index contributed by atoms with van der Waals surface area (Å²) in [6.07, 6.45) is 17.7. The minimum absolute atomic E-state index is 0.0232. The van der Waals surface area contributed by atoms with Gasteiger partial charge in [-0.25, -0.2) is 0 Å². The number of aliphatic hydroxyl groups excluding tert-OH is 2. The van der Waals surface area contributed by atoms with Crippen LogP contribution in [0.2, 0.25) is 0 Å². The summed E-state index contributed by atoms with van der Waals surface area (Å²) in [6.45, 7) is 9.61. The number of ether oxygens (including phenoxy) is 2. The van der Waals surface area contributed by atoms with E-state index in [1.54, 1.807) is 19.2 Å². The Kier molecular flexibility index (Phi) is 15.5. The molecule has 0 aliphatic carbocycles. The third-order valence-corrected chi connectivity index (χ3v) is 6.37. The molecule has 0 saturated heterocycles. The third-order valence-electron chi connectivity index (χ3n) is 6.37. The smallest absolute Gasteiger partial charge is 0.0914 e. The van der Waals surface area contributed by atoms with E-state index in [0.29, 0.717) is 24.2 Å². The quantitative estimate of drug-likeness (QED) is 0.0841. The first kappa shape index (κ1) is 33.6. The van der Waals surface area contributed by atoms with Crippen molar-refractivity contribution in [2.24, 2.45) is 5.92 Å². The normalized spacial score (nSPS) is 16.8. The number of allylic oxidation sites excluding steroid dienone is 10. The van der Waals surface area contributed by atoms with Crippen molar-refractivity contribution in [3.05, 3.63) is 82.5 Å². The van der Waals surface area contributed by atoms with Crippen LogP contribution in [0, 0.1) is 5.92 Å². The Morgan fingerprint density at radius 1 is 1.18 bits per heavy atom. The zero-order valence-corrected chi connectivity index (χ0v) is 24.3. The van der Waals surface area contributed by atoms with Gasteiger partial charge in [0.1, 0.15) is 0 Å². The number of hydrogen-bond acceptors (Lipinski definition) is 7. The summed E-state index contributed by atoms with van der Waals surface area (Å²) in [4.78, 5) is 24.1. The number of hydrogen-bond donors (Lipinski definition) is 3. The number of aliphatic hydroxyl groups is 2. The van der Waals surface area contributed by atoms with Gasteiger partial charge < -0.3 is 0 Å². The zero-order chi connectivity index (χ0) is 29.4. The van der Waals surface area contributed by atoms with Gasteiger partial charge >= 0.3 is 202 Å². The van der Waals surface area contributed by atoms with Crippen molar-refractivity contribution in [1.82, 2.24) is 5.32 Å². The minimum Gasteiger partial charge on any atom is -0.0914 e. The Morgan fingerprint density at radius 2 is 1.90 bits per heavy atom. The molecule has 0 fully saturated rings. The van der Waals surface area contributed by atoms with E-state index in [4.69, 9.17) is 4.74 Å². The molecule has 7 nitrogen and oxygen atoms in total. The van der Waals surface area contributed by atoms with Crippen LogP contribution in [0.4, 0.5) is 0 Å². The molecule has 0 aromatic carbocycles. The summed E-state index contributed by atoms with van der Waals surface area (Å²) < 4.78 is 10.4. The summed E-state index contributed by atoms with van der Waals surface area (Å²) in [5.41, 5.74) is 2.60. The maximum absolute atomic E-state index is 13.0. The van der Waals surface area contributed by atoms with Crippen LogP contribution in [0.3, 0.4) is 0 Å². The van der Waals surface area contributed by atoms with Gasteiger partial charge in [0.15, 0.2) is 0 Å². The molecule has 39 heavy (non-hydrogen) atoms. The molecular weight excluding hydrogens is 493 g/mol. The van der Waals surface area contributed by atoms with Gasteiger partial charge in [-0.1, -0.05) is 12.2 Å². The van der Waals surface area contributed by atoms with Gasteiger partial charge in [-0.3, -0.25) is 0 Å². The van der Waals surface area contributed by atoms with E-state index in [9.17, 15) is 19.8 Å². The van der Waals surface area contributed by atoms with Crippen molar-refractivity contribution < 1.29 is 29.3 Å². The molecule has 0 saturated carbocycles. The molecule has 212 valence electrons. The summed E-state index contributed by atoms with van der Waals surface area (Å²) in [5, 5.41) is 23.8. The molecule has 3 N–H and O–H groups in total. The Balaban J connectivity index is 2.75. The molecule has 1 aliphatic heterocycles. The number of esters is 1. The number of Topliss-reactive ketones (excluding diaryl/α,β-unsaturated/α-hetero) is 1. The molecule has 1 aliphatic rings. The summed E-state index contributed by atoms with van der Waals surface area (Å²) in [6, 6.07) is 0. The molecule has 0 amide bonds. The van der Waals surface area contributed by atoms with Crippen LogP contribution in [-0.2, 0) is 19.1 Å². The first-order valence-electron chi connectivity index (χ1n) is 13.3. The number of ketones is 1. The first-order chi connectivity index (χ1) is 18.5. The Labute approximate surface area is 234 Å². The van der Waals surface area contributed by atoms with E-state index in [1.807, 2.05) is 58.1 Å². The zero-order valence-electron chi connectivity index (χ0n) is 24.3. The second-order valence-electron chi connectivity index (χ2n) is 9.67. The molecule has 2 atom stereocenters. The number of carbonyl (C=O) groups is 2. The monoisotopic (exact) mass is 537 g/mol. The van der Waals surface area contributed by atoms with Crippen LogP contribution in [0.15, 0.2) is 82.5 Å². The number of carbonyl (C=O) groups excluding carboxylic acids is 2. The van der Waals surface area contributed by atoms with Crippen LogP contribution < -0.4 is 5.32 Å². The molecule has 0 aromatic rings. The second kappa shape index (κ2) is 18.0. The number of methoxy groups -OCH3 is 1. The number of nitrogens with one attached hydrogen (secondary N) is 1. The number of rotatable bonds is 16. The summed E-state index contributed by atoms with van der Waals surface area (Å²) in [5.74, 6) is -0.344. The van der Waals surface area contributed by atoms with Crippen molar-refractivity contribution in [2.75, 3.05) is 13.7 Å². The van der Waals surface area contributed by atoms with Gasteiger partial charge in [-0.2, -0.15) is 0 Å². The van der Waals surface area contributed by atoms with E-state index < -0.39 is 6.10 Å². The van der Waals surface area contributed by atoms with Crippen molar-refractivity contribution in [3.8, 4) is 0 Å². The van der Waals surface area contributed by atoms with E-state index in [-0.39, 0.29) is 41.2 Å². The molecule has 1 rings (SSSR count). The van der Waals surface area contributed by atoms with Crippen LogP contribution in [-0.4, -0.2) is 54.9 Å². The van der Waals surface area contributed by atoms with E-state index in [2.05, 4.69) is 17.5 Å². The predicted octanol–water partition coefficient (Wildman–Crippen LogP) is 4.95. The molecule has 0 radical (unpaired) electrons. The standard InChI is InChI=1S/C31H44BNO6/c1-7-8-9-12-22(3)25(34)17-15-21(2)14-16-24(5)30(37)29-26(35)19-27(39-31(29)32)23(4)13-10-11-18-33-20-28(36)38-6/h7-8,11-12,14,16,18-19,23,25,32-35H,9-10,13,15,17,20H2,1-6H3/b8-7+,18-11+,21-14+,22-12-,24-16+. The van der Waals surface area contributed by atoms with Crippen molar-refractivity contribution >= 4 is 24.9 Å². The minimum atomic E-state index is -0.502. The molecule has 0 bridgehead atoms. The third kappa shape index (κ3) is 12.3. The Hall–Kier alpha value is -3.39. The van der Waals surface area contributed by atoms with E-state index >= 15 is 0 Å². The topological polar surface area (TPSA) is 105 Å². The Morgan fingerprint density at radius 3 is 2.54 bits per heavy atom. The van der Waals surface area contributed by atoms with E-state index in [0.717, 1.165) is 30.4 Å². The molecule has 0 spiro atoms. The fourth-order valence-corrected chi connectivity index (χ4v) is 3.67. The SMILES string of the molecule is B=C1OC(C(C)CC/C=C/NCC(=O)OC)=CC(O)=C1C(=O)/C(C)=C/C=C(\C)CCC(O)/C(C)=C\C/C=C/C. The van der Waals surface area contributed by atoms with Crippen LogP contribution in [0.5, 0.6) is 0 Å². The first-order valence-corrected chi connectivity index (χ1v) is 13.3. The van der Waals surface area contributed by atoms with Gasteiger partial charge in [0, 0.05) is 0 Å². The fraction of sp³-hybridized carbons (Fsp3) is 0.452. The van der Waals surface area contributed by atoms with Gasteiger partial charge in [0.25, 0.3) is 0 Å². The molecule has 1 heterocycles. The van der Waals surface area contributed by atoms with Crippen LogP contribution in [0.1, 0.15) is 66.7 Å². The van der Waals surface area contributed by atoms with Gasteiger partial charge in [0.2, 0.25) is 0 Å². The van der Waals surface area contributed by atoms with Crippen molar-refractivity contribution in [1.29, 1.82) is 0 Å². The van der Waals surface area contributed by atoms with Crippen LogP contribution >= 0.6 is 0 Å². The fourth-order valence-electron chi connectivity index (χ4n) is 3.67. The van der Waals surface area contributed by atoms with Crippen LogP contribution in [0.25, 0.3) is 0 Å². The average molecular weight is 538 g/mol. The molecule has 8 heteroatoms. The van der Waals surface area contributed by atoms with Crippen molar-refractivity contribution in [3.63, 3.8) is 0 Å². The van der Waals surface area contributed by atoms with Crippen molar-refractivity contribution in [2.45, 2.75) is 72.8 Å². The van der Waals surface area contributed by atoms with Gasteiger partial charge in [0.05, 0.1) is 7.11 Å². The average Bonchev–Trinajstić information content (AvgIpc) is 2.91. The molecular formula is C31H44BNO6. The van der Waals surface area contributed by atoms with E-state index in [1.165, 1.54) is 13.2 Å². The van der Waals surface area contributed by atoms with Gasteiger partial charge in [-0.05, 0) is 13.3 Å². The Bertz CT molecular complexity index is 1090. The molecule has 2 unspecified atom stereocenters.